The first-order chi connectivity index (χ1) is 15.0. The summed E-state index contributed by atoms with van der Waals surface area (Å²) in [6.07, 6.45) is 4.46. The number of benzene rings is 1. The molecule has 1 amide bonds. The van der Waals surface area contributed by atoms with E-state index in [-0.39, 0.29) is 5.78 Å². The molecule has 1 aliphatic carbocycles. The number of halogens is 2. The number of alkyl halides is 1. The van der Waals surface area contributed by atoms with Crippen LogP contribution >= 0.6 is 34.2 Å². The van der Waals surface area contributed by atoms with Crippen LogP contribution in [-0.2, 0) is 19.8 Å². The molecule has 0 bridgehead atoms. The molecular formula is C22H24ClIN2O5. The van der Waals surface area contributed by atoms with Gasteiger partial charge in [-0.25, -0.2) is 9.59 Å². The lowest BCUT2D eigenvalue weighted by Gasteiger charge is -2.43. The van der Waals surface area contributed by atoms with E-state index >= 15 is 0 Å². The SMILES string of the molecule is CI.CN(C(=O)OCOC(=O)c1ccncc1)C1(c2ccccc2Cl)CCCCC1=O. The first-order valence-electron chi connectivity index (χ1n) is 9.60. The maximum atomic E-state index is 13.0. The molecule has 0 radical (unpaired) electrons. The van der Waals surface area contributed by atoms with Crippen molar-refractivity contribution < 1.29 is 23.9 Å². The Morgan fingerprint density at radius 1 is 1.13 bits per heavy atom. The van der Waals surface area contributed by atoms with Crippen LogP contribution in [0.4, 0.5) is 4.79 Å². The van der Waals surface area contributed by atoms with Crippen molar-refractivity contribution >= 4 is 52.0 Å². The van der Waals surface area contributed by atoms with Crippen molar-refractivity contribution in [1.82, 2.24) is 9.88 Å². The summed E-state index contributed by atoms with van der Waals surface area (Å²) in [4.78, 5) is 44.7. The molecule has 1 atom stereocenters. The van der Waals surface area contributed by atoms with Gasteiger partial charge in [0.2, 0.25) is 6.79 Å². The summed E-state index contributed by atoms with van der Waals surface area (Å²) in [6, 6.07) is 9.96. The van der Waals surface area contributed by atoms with Crippen LogP contribution in [0.1, 0.15) is 41.6 Å². The summed E-state index contributed by atoms with van der Waals surface area (Å²) in [5, 5.41) is 0.409. The van der Waals surface area contributed by atoms with Crippen molar-refractivity contribution in [3.8, 4) is 0 Å². The van der Waals surface area contributed by atoms with Gasteiger partial charge >= 0.3 is 12.1 Å². The van der Waals surface area contributed by atoms with Crippen molar-refractivity contribution in [2.24, 2.45) is 0 Å². The number of nitrogens with zero attached hydrogens (tertiary/aromatic N) is 2. The molecule has 2 aromatic rings. The van der Waals surface area contributed by atoms with Crippen LogP contribution in [0.5, 0.6) is 0 Å². The van der Waals surface area contributed by atoms with Gasteiger partial charge in [-0.15, -0.1) is 0 Å². The topological polar surface area (TPSA) is 85.8 Å². The lowest BCUT2D eigenvalue weighted by molar-refractivity contribution is -0.133. The maximum Gasteiger partial charge on any atom is 0.413 e. The molecule has 7 nitrogen and oxygen atoms in total. The van der Waals surface area contributed by atoms with Gasteiger partial charge in [0.15, 0.2) is 5.78 Å². The molecule has 1 fully saturated rings. The number of aromatic nitrogens is 1. The number of ether oxygens (including phenoxy) is 2. The minimum atomic E-state index is -1.21. The second-order valence-electron chi connectivity index (χ2n) is 6.73. The average Bonchev–Trinajstić information content (AvgIpc) is 2.81. The van der Waals surface area contributed by atoms with Gasteiger partial charge in [0.05, 0.1) is 5.56 Å². The minimum absolute atomic E-state index is 0.0925. The molecule has 0 aliphatic heterocycles. The standard InChI is InChI=1S/C21H21ClN2O5.CH3I/c1-24(20(27)29-14-28-19(26)15-9-12-23-13-10-15)21(11-5-4-8-18(21)25)16-6-2-3-7-17(16)22;1-2/h2-3,6-7,9-10,12-13H,4-5,8,11,14H2,1H3;1H3. The number of carbonyl (C=O) groups excluding carboxylic acids is 3. The van der Waals surface area contributed by atoms with E-state index in [0.717, 1.165) is 12.8 Å². The van der Waals surface area contributed by atoms with Crippen molar-refractivity contribution in [3.63, 3.8) is 0 Å². The Hall–Kier alpha value is -2.20. The van der Waals surface area contributed by atoms with Gasteiger partial charge in [0.25, 0.3) is 0 Å². The Morgan fingerprint density at radius 3 is 2.45 bits per heavy atom. The van der Waals surface area contributed by atoms with Crippen LogP contribution in [0, 0.1) is 0 Å². The van der Waals surface area contributed by atoms with E-state index in [0.29, 0.717) is 29.0 Å². The molecule has 3 rings (SSSR count). The lowest BCUT2D eigenvalue weighted by atomic mass is 9.74. The van der Waals surface area contributed by atoms with Crippen LogP contribution in [-0.4, -0.2) is 46.5 Å². The Balaban J connectivity index is 0.00000166. The zero-order valence-corrected chi connectivity index (χ0v) is 20.3. The molecular weight excluding hydrogens is 535 g/mol. The molecule has 31 heavy (non-hydrogen) atoms. The summed E-state index contributed by atoms with van der Waals surface area (Å²) in [6.45, 7) is -0.572. The molecule has 0 saturated heterocycles. The van der Waals surface area contributed by atoms with Crippen molar-refractivity contribution in [2.75, 3.05) is 18.8 Å². The van der Waals surface area contributed by atoms with Gasteiger partial charge in [0.1, 0.15) is 5.54 Å². The number of Topliss-reactive ketones (excluding diaryl/α,β-unsaturated/α-hetero) is 1. The zero-order chi connectivity index (χ0) is 22.9. The molecule has 1 unspecified atom stereocenters. The third-order valence-electron chi connectivity index (χ3n) is 5.11. The van der Waals surface area contributed by atoms with Crippen molar-refractivity contribution in [3.05, 3.63) is 64.9 Å². The Kier molecular flexibility index (Phi) is 9.70. The molecule has 1 aliphatic rings. The first kappa shape index (κ1) is 25.1. The fourth-order valence-electron chi connectivity index (χ4n) is 3.59. The van der Waals surface area contributed by atoms with Crippen molar-refractivity contribution in [2.45, 2.75) is 31.2 Å². The van der Waals surface area contributed by atoms with Crippen LogP contribution in [0.2, 0.25) is 5.02 Å². The van der Waals surface area contributed by atoms with Gasteiger partial charge in [-0.2, -0.15) is 0 Å². The molecule has 0 spiro atoms. The number of pyridine rings is 1. The van der Waals surface area contributed by atoms with Gasteiger partial charge in [-0.05, 0) is 42.4 Å². The number of likely N-dealkylation sites (N-methyl/N-ethyl adjacent to an activating group) is 1. The van der Waals surface area contributed by atoms with Crippen LogP contribution in [0.15, 0.2) is 48.8 Å². The monoisotopic (exact) mass is 558 g/mol. The van der Waals surface area contributed by atoms with Crippen LogP contribution in [0.3, 0.4) is 0 Å². The highest BCUT2D eigenvalue weighted by Gasteiger charge is 2.48. The van der Waals surface area contributed by atoms with E-state index in [1.165, 1.54) is 36.5 Å². The molecule has 1 heterocycles. The highest BCUT2D eigenvalue weighted by atomic mass is 127. The Morgan fingerprint density at radius 2 is 1.81 bits per heavy atom. The molecule has 166 valence electrons. The van der Waals surface area contributed by atoms with E-state index in [1.54, 1.807) is 24.3 Å². The van der Waals surface area contributed by atoms with E-state index < -0.39 is 24.4 Å². The fourth-order valence-corrected chi connectivity index (χ4v) is 3.88. The van der Waals surface area contributed by atoms with E-state index in [2.05, 4.69) is 27.6 Å². The number of esters is 1. The van der Waals surface area contributed by atoms with Crippen LogP contribution in [0.25, 0.3) is 0 Å². The summed E-state index contributed by atoms with van der Waals surface area (Å²) in [5.41, 5.74) is -0.345. The average molecular weight is 559 g/mol. The number of rotatable bonds is 5. The predicted molar refractivity (Wildman–Crippen MR) is 125 cm³/mol. The number of hydrogen-bond donors (Lipinski definition) is 0. The molecule has 1 aromatic heterocycles. The number of amides is 1. The highest BCUT2D eigenvalue weighted by molar-refractivity contribution is 14.1. The fraction of sp³-hybridized carbons (Fsp3) is 0.364. The predicted octanol–water partition coefficient (Wildman–Crippen LogP) is 5.01. The summed E-state index contributed by atoms with van der Waals surface area (Å²) < 4.78 is 10.1. The van der Waals surface area contributed by atoms with E-state index in [9.17, 15) is 14.4 Å². The molecule has 1 aromatic carbocycles. The maximum absolute atomic E-state index is 13.0. The smallest absolute Gasteiger partial charge is 0.413 e. The van der Waals surface area contributed by atoms with Crippen molar-refractivity contribution in [1.29, 1.82) is 0 Å². The van der Waals surface area contributed by atoms with Gasteiger partial charge in [-0.1, -0.05) is 52.4 Å². The zero-order valence-electron chi connectivity index (χ0n) is 17.3. The molecule has 9 heteroatoms. The largest absolute Gasteiger partial charge is 0.424 e. The third kappa shape index (κ3) is 5.74. The van der Waals surface area contributed by atoms with Gasteiger partial charge in [-0.3, -0.25) is 14.7 Å². The van der Waals surface area contributed by atoms with Gasteiger partial charge < -0.3 is 9.47 Å². The summed E-state index contributed by atoms with van der Waals surface area (Å²) in [7, 11) is 1.50. The number of ketones is 1. The molecule has 1 saturated carbocycles. The first-order valence-corrected chi connectivity index (χ1v) is 12.1. The second kappa shape index (κ2) is 12.0. The van der Waals surface area contributed by atoms with E-state index in [1.807, 2.05) is 4.93 Å². The quantitative estimate of drug-likeness (QED) is 0.222. The second-order valence-corrected chi connectivity index (χ2v) is 7.13. The molecule has 0 N–H and O–H groups in total. The lowest BCUT2D eigenvalue weighted by Crippen LogP contribution is -2.54. The van der Waals surface area contributed by atoms with Gasteiger partial charge in [0, 0.05) is 36.4 Å². The highest BCUT2D eigenvalue weighted by Crippen LogP contribution is 2.42. The number of carbonyl (C=O) groups is 3. The summed E-state index contributed by atoms with van der Waals surface area (Å²) in [5.74, 6) is -0.734. The van der Waals surface area contributed by atoms with E-state index in [4.69, 9.17) is 21.1 Å². The van der Waals surface area contributed by atoms with Crippen LogP contribution < -0.4 is 0 Å². The Labute approximate surface area is 200 Å². The summed E-state index contributed by atoms with van der Waals surface area (Å²) >= 11 is 8.52. The number of hydrogen-bond acceptors (Lipinski definition) is 6. The Bertz CT molecular complexity index is 912. The minimum Gasteiger partial charge on any atom is -0.424 e. The third-order valence-corrected chi connectivity index (χ3v) is 5.44. The normalized spacial score (nSPS) is 17.7.